The summed E-state index contributed by atoms with van der Waals surface area (Å²) in [6.07, 6.45) is 1.12. The van der Waals surface area contributed by atoms with Gasteiger partial charge in [-0.25, -0.2) is 8.78 Å². The zero-order chi connectivity index (χ0) is 18.8. The van der Waals surface area contributed by atoms with Gasteiger partial charge in [-0.3, -0.25) is 19.3 Å². The van der Waals surface area contributed by atoms with Gasteiger partial charge in [0, 0.05) is 6.21 Å². The molecule has 1 heterocycles. The van der Waals surface area contributed by atoms with E-state index in [2.05, 4.69) is 9.98 Å². The Balaban J connectivity index is 2.12. The first kappa shape index (κ1) is 18.0. The Kier molecular flexibility index (Phi) is 4.97. The molecule has 0 amide bonds. The van der Waals surface area contributed by atoms with Crippen LogP contribution in [0.4, 0.5) is 14.5 Å². The van der Waals surface area contributed by atoms with Gasteiger partial charge in [-0.1, -0.05) is 11.6 Å². The smallest absolute Gasteiger partial charge is 0.264 e. The van der Waals surface area contributed by atoms with Crippen LogP contribution in [0.3, 0.4) is 0 Å². The molecule has 0 aliphatic rings. The Morgan fingerprint density at radius 2 is 1.88 bits per heavy atom. The number of nitrogens with zero attached hydrogens (tertiary/aromatic N) is 2. The molecular weight excluding hydrogens is 384 g/mol. The first-order valence-corrected chi connectivity index (χ1v) is 7.99. The first-order valence-electron chi connectivity index (χ1n) is 7.20. The van der Waals surface area contributed by atoms with E-state index in [4.69, 9.17) is 23.8 Å². The van der Waals surface area contributed by atoms with Crippen LogP contribution in [0, 0.1) is 16.4 Å². The molecular formula is C17H10ClF2N3O2S. The van der Waals surface area contributed by atoms with Crippen molar-refractivity contribution in [3.05, 3.63) is 79.8 Å². The summed E-state index contributed by atoms with van der Waals surface area (Å²) in [5.41, 5.74) is -0.207. The van der Waals surface area contributed by atoms with Crippen LogP contribution in [0.15, 0.2) is 52.3 Å². The van der Waals surface area contributed by atoms with E-state index in [9.17, 15) is 18.7 Å². The van der Waals surface area contributed by atoms with Gasteiger partial charge in [-0.2, -0.15) is 0 Å². The minimum absolute atomic E-state index is 0.103. The van der Waals surface area contributed by atoms with Gasteiger partial charge in [0.25, 0.3) is 5.56 Å². The number of aromatic amines is 1. The van der Waals surface area contributed by atoms with E-state index in [-0.39, 0.29) is 21.0 Å². The maximum Gasteiger partial charge on any atom is 0.264 e. The van der Waals surface area contributed by atoms with Gasteiger partial charge in [0.1, 0.15) is 17.2 Å². The van der Waals surface area contributed by atoms with Crippen molar-refractivity contribution in [3.8, 4) is 11.6 Å². The van der Waals surface area contributed by atoms with Crippen molar-refractivity contribution in [1.29, 1.82) is 0 Å². The number of benzene rings is 2. The van der Waals surface area contributed by atoms with Crippen molar-refractivity contribution in [2.45, 2.75) is 0 Å². The Labute approximate surface area is 155 Å². The minimum Gasteiger partial charge on any atom is -0.494 e. The van der Waals surface area contributed by atoms with Crippen molar-refractivity contribution in [2.24, 2.45) is 4.99 Å². The topological polar surface area (TPSA) is 70.4 Å². The number of hydrogen-bond acceptors (Lipinski definition) is 4. The fourth-order valence-corrected chi connectivity index (χ4v) is 2.64. The summed E-state index contributed by atoms with van der Waals surface area (Å²) in [6.45, 7) is 0. The maximum atomic E-state index is 13.4. The summed E-state index contributed by atoms with van der Waals surface area (Å²) in [5.74, 6) is -1.55. The van der Waals surface area contributed by atoms with Crippen molar-refractivity contribution in [1.82, 2.24) is 9.55 Å². The van der Waals surface area contributed by atoms with Crippen LogP contribution in [-0.4, -0.2) is 20.9 Å². The molecule has 132 valence electrons. The zero-order valence-corrected chi connectivity index (χ0v) is 14.5. The zero-order valence-electron chi connectivity index (χ0n) is 12.9. The molecule has 0 aliphatic heterocycles. The van der Waals surface area contributed by atoms with Gasteiger partial charge < -0.3 is 5.11 Å². The van der Waals surface area contributed by atoms with Gasteiger partial charge in [-0.05, 0) is 54.7 Å². The molecule has 0 saturated carbocycles. The maximum absolute atomic E-state index is 13.4. The highest BCUT2D eigenvalue weighted by atomic mass is 35.5. The van der Waals surface area contributed by atoms with E-state index in [1.165, 1.54) is 36.4 Å². The van der Waals surface area contributed by atoms with E-state index >= 15 is 0 Å². The van der Waals surface area contributed by atoms with E-state index in [0.717, 1.165) is 16.8 Å². The quantitative estimate of drug-likeness (QED) is 0.515. The number of aromatic nitrogens is 2. The third kappa shape index (κ3) is 3.56. The fourth-order valence-electron chi connectivity index (χ4n) is 2.18. The van der Waals surface area contributed by atoms with E-state index in [1.807, 2.05) is 0 Å². The van der Waals surface area contributed by atoms with E-state index in [1.54, 1.807) is 0 Å². The number of halogens is 3. The predicted octanol–water partition coefficient (Wildman–Crippen LogP) is 4.28. The molecule has 0 atom stereocenters. The van der Waals surface area contributed by atoms with Crippen molar-refractivity contribution >= 4 is 35.7 Å². The molecule has 0 spiro atoms. The molecule has 1 aromatic heterocycles. The van der Waals surface area contributed by atoms with Crippen molar-refractivity contribution < 1.29 is 13.9 Å². The Hall–Kier alpha value is -2.84. The monoisotopic (exact) mass is 393 g/mol. The molecule has 0 fully saturated rings. The van der Waals surface area contributed by atoms with Crippen LogP contribution in [-0.2, 0) is 0 Å². The molecule has 0 radical (unpaired) electrons. The fraction of sp³-hybridized carbons (Fsp3) is 0. The molecule has 0 aliphatic carbocycles. The van der Waals surface area contributed by atoms with Gasteiger partial charge in [-0.15, -0.1) is 0 Å². The second kappa shape index (κ2) is 7.19. The third-order valence-corrected chi connectivity index (χ3v) is 4.03. The van der Waals surface area contributed by atoms with Crippen LogP contribution >= 0.6 is 23.8 Å². The lowest BCUT2D eigenvalue weighted by molar-refractivity contribution is 0.432. The average molecular weight is 394 g/mol. The highest BCUT2D eigenvalue weighted by Crippen LogP contribution is 2.23. The molecule has 3 aromatic rings. The summed E-state index contributed by atoms with van der Waals surface area (Å²) >= 11 is 10.8. The number of rotatable bonds is 3. The van der Waals surface area contributed by atoms with Crippen LogP contribution in [0.5, 0.6) is 5.88 Å². The summed E-state index contributed by atoms with van der Waals surface area (Å²) in [4.78, 5) is 18.5. The standard InChI is InChI=1S/C17H10ClF2N3O2S/c18-13-7-11(5-6-14(13)20)23-16(25)12(15(24)22-17(23)26)8-21-10-3-1-9(19)2-4-10/h1-8,25H,(H,22,24,26). The highest BCUT2D eigenvalue weighted by molar-refractivity contribution is 7.71. The van der Waals surface area contributed by atoms with Crippen molar-refractivity contribution in [3.63, 3.8) is 0 Å². The summed E-state index contributed by atoms with van der Waals surface area (Å²) in [7, 11) is 0. The van der Waals surface area contributed by atoms with Gasteiger partial charge in [0.15, 0.2) is 4.77 Å². The Morgan fingerprint density at radius 1 is 1.19 bits per heavy atom. The SMILES string of the molecule is O=c1[nH]c(=S)n(-c2ccc(F)c(Cl)c2)c(O)c1C=Nc1ccc(F)cc1. The molecule has 0 saturated heterocycles. The first-order chi connectivity index (χ1) is 12.4. The normalized spacial score (nSPS) is 11.2. The molecule has 9 heteroatoms. The average Bonchev–Trinajstić information content (AvgIpc) is 2.59. The second-order valence-corrected chi connectivity index (χ2v) is 5.96. The highest BCUT2D eigenvalue weighted by Gasteiger charge is 2.13. The van der Waals surface area contributed by atoms with Crippen LogP contribution < -0.4 is 5.56 Å². The van der Waals surface area contributed by atoms with Gasteiger partial charge in [0.05, 0.1) is 16.4 Å². The lowest BCUT2D eigenvalue weighted by Crippen LogP contribution is -2.18. The minimum atomic E-state index is -0.664. The lowest BCUT2D eigenvalue weighted by atomic mass is 10.2. The van der Waals surface area contributed by atoms with Gasteiger partial charge >= 0.3 is 0 Å². The number of H-pyrrole nitrogens is 1. The third-order valence-electron chi connectivity index (χ3n) is 3.45. The summed E-state index contributed by atoms with van der Waals surface area (Å²) in [6, 6.07) is 8.95. The molecule has 0 bridgehead atoms. The summed E-state index contributed by atoms with van der Waals surface area (Å²) in [5, 5.41) is 10.3. The number of nitrogens with one attached hydrogen (secondary N) is 1. The number of aromatic hydroxyl groups is 1. The van der Waals surface area contributed by atoms with Gasteiger partial charge in [0.2, 0.25) is 5.88 Å². The molecule has 26 heavy (non-hydrogen) atoms. The molecule has 2 N–H and O–H groups in total. The Bertz CT molecular complexity index is 1120. The molecule has 0 unspecified atom stereocenters. The largest absolute Gasteiger partial charge is 0.494 e. The molecule has 2 aromatic carbocycles. The van der Waals surface area contributed by atoms with Crippen LogP contribution in [0.1, 0.15) is 5.56 Å². The van der Waals surface area contributed by atoms with Crippen molar-refractivity contribution in [2.75, 3.05) is 0 Å². The second-order valence-electron chi connectivity index (χ2n) is 5.16. The lowest BCUT2D eigenvalue weighted by Gasteiger charge is -2.11. The number of aliphatic imine (C=N–C) groups is 1. The number of hydrogen-bond donors (Lipinski definition) is 2. The predicted molar refractivity (Wildman–Crippen MR) is 97.5 cm³/mol. The Morgan fingerprint density at radius 3 is 2.54 bits per heavy atom. The van der Waals surface area contributed by atoms with E-state index < -0.39 is 23.1 Å². The summed E-state index contributed by atoms with van der Waals surface area (Å²) < 4.78 is 27.3. The molecule has 3 rings (SSSR count). The molecule has 5 nitrogen and oxygen atoms in total. The van der Waals surface area contributed by atoms with Crippen LogP contribution in [0.25, 0.3) is 5.69 Å². The van der Waals surface area contributed by atoms with E-state index in [0.29, 0.717) is 5.69 Å². The van der Waals surface area contributed by atoms with Crippen LogP contribution in [0.2, 0.25) is 5.02 Å².